The van der Waals surface area contributed by atoms with Gasteiger partial charge >= 0.3 is 0 Å². The number of thioether (sulfide) groups is 1. The minimum Gasteiger partial charge on any atom is -0.204 e. The van der Waals surface area contributed by atoms with Crippen LogP contribution in [-0.4, -0.2) is 24.0 Å². The lowest BCUT2D eigenvalue weighted by Gasteiger charge is -2.28. The van der Waals surface area contributed by atoms with Crippen molar-refractivity contribution in [3.63, 3.8) is 0 Å². The maximum atomic E-state index is 11.1. The second-order valence-corrected chi connectivity index (χ2v) is 6.84. The summed E-state index contributed by atoms with van der Waals surface area (Å²) in [7, 11) is -3.16. The molecule has 1 aliphatic heterocycles. The molecule has 0 bridgehead atoms. The summed E-state index contributed by atoms with van der Waals surface area (Å²) >= 11 is 1.44. The molecule has 0 fully saturated rings. The van der Waals surface area contributed by atoms with Crippen LogP contribution in [0.5, 0.6) is 0 Å². The molecule has 0 spiro atoms. The highest BCUT2D eigenvalue weighted by atomic mass is 32.3. The van der Waals surface area contributed by atoms with Crippen molar-refractivity contribution < 1.29 is 8.42 Å². The van der Waals surface area contributed by atoms with Gasteiger partial charge in [0, 0.05) is 5.71 Å². The lowest BCUT2D eigenvalue weighted by molar-refractivity contribution is 0.601. The van der Waals surface area contributed by atoms with E-state index >= 15 is 0 Å². The Hall–Kier alpha value is -0.0300. The van der Waals surface area contributed by atoms with Gasteiger partial charge < -0.3 is 0 Å². The van der Waals surface area contributed by atoms with Crippen molar-refractivity contribution in [3.05, 3.63) is 0 Å². The molecule has 0 amide bonds. The minimum atomic E-state index is -3.16. The quantitative estimate of drug-likeness (QED) is 0.657. The molecule has 0 saturated carbocycles. The van der Waals surface area contributed by atoms with Gasteiger partial charge in [-0.15, -0.1) is 11.8 Å². The van der Waals surface area contributed by atoms with Crippen LogP contribution in [0, 0.1) is 0 Å². The third-order valence-electron chi connectivity index (χ3n) is 1.85. The number of rotatable bonds is 1. The van der Waals surface area contributed by atoms with E-state index in [4.69, 9.17) is 0 Å². The van der Waals surface area contributed by atoms with Gasteiger partial charge in [0.2, 0.25) is 0 Å². The van der Waals surface area contributed by atoms with Gasteiger partial charge in [0.1, 0.15) is 5.08 Å². The van der Waals surface area contributed by atoms with Crippen LogP contribution in [0.25, 0.3) is 0 Å². The lowest BCUT2D eigenvalue weighted by atomic mass is 10.1. The van der Waals surface area contributed by atoms with E-state index in [0.717, 1.165) is 5.71 Å². The Balaban J connectivity index is 3.09. The standard InChI is InChI=1S/C7H13NO2S2/c1-4-6-7(2,3)11-5-12(9,10)8-6/h4-5H2,1-3H3. The molecule has 1 heterocycles. The topological polar surface area (TPSA) is 46.5 Å². The first-order valence-electron chi connectivity index (χ1n) is 3.83. The highest BCUT2D eigenvalue weighted by molar-refractivity contribution is 8.14. The predicted molar refractivity (Wildman–Crippen MR) is 53.2 cm³/mol. The SMILES string of the molecule is CCC1=NS(=O)(=O)CSC1(C)C. The van der Waals surface area contributed by atoms with Crippen LogP contribution in [0.2, 0.25) is 0 Å². The summed E-state index contributed by atoms with van der Waals surface area (Å²) < 4.78 is 25.8. The molecule has 0 aromatic carbocycles. The first-order valence-corrected chi connectivity index (χ1v) is 6.43. The van der Waals surface area contributed by atoms with E-state index in [1.165, 1.54) is 11.8 Å². The molecule has 0 unspecified atom stereocenters. The highest BCUT2D eigenvalue weighted by Gasteiger charge is 2.32. The first-order chi connectivity index (χ1) is 5.37. The summed E-state index contributed by atoms with van der Waals surface area (Å²) in [6, 6.07) is 0. The summed E-state index contributed by atoms with van der Waals surface area (Å²) in [4.78, 5) is 0. The largest absolute Gasteiger partial charge is 0.262 e. The Bertz CT molecular complexity index is 303. The molecule has 0 saturated heterocycles. The van der Waals surface area contributed by atoms with Crippen LogP contribution in [0.3, 0.4) is 0 Å². The van der Waals surface area contributed by atoms with E-state index in [9.17, 15) is 8.42 Å². The molecule has 0 N–H and O–H groups in total. The van der Waals surface area contributed by atoms with Gasteiger partial charge in [0.05, 0.1) is 4.75 Å². The first kappa shape index (κ1) is 10.1. The molecule has 70 valence electrons. The Morgan fingerprint density at radius 3 is 2.58 bits per heavy atom. The van der Waals surface area contributed by atoms with Crippen molar-refractivity contribution in [1.29, 1.82) is 0 Å². The summed E-state index contributed by atoms with van der Waals surface area (Å²) in [5.41, 5.74) is 0.777. The Morgan fingerprint density at radius 2 is 2.17 bits per heavy atom. The van der Waals surface area contributed by atoms with Gasteiger partial charge in [-0.25, -0.2) is 8.42 Å². The molecule has 0 radical (unpaired) electrons. The van der Waals surface area contributed by atoms with Crippen molar-refractivity contribution >= 4 is 27.5 Å². The highest BCUT2D eigenvalue weighted by Crippen LogP contribution is 2.33. The second-order valence-electron chi connectivity index (χ2n) is 3.25. The second kappa shape index (κ2) is 3.03. The fourth-order valence-electron chi connectivity index (χ4n) is 1.10. The van der Waals surface area contributed by atoms with Gasteiger partial charge in [-0.2, -0.15) is 4.40 Å². The van der Waals surface area contributed by atoms with Crippen LogP contribution in [0.1, 0.15) is 27.2 Å². The van der Waals surface area contributed by atoms with Gasteiger partial charge in [-0.05, 0) is 20.3 Å². The van der Waals surface area contributed by atoms with Crippen LogP contribution in [0.15, 0.2) is 4.40 Å². The molecule has 0 aromatic heterocycles. The van der Waals surface area contributed by atoms with Gasteiger partial charge in [-0.3, -0.25) is 0 Å². The van der Waals surface area contributed by atoms with Crippen LogP contribution in [-0.2, 0) is 10.0 Å². The molecular formula is C7H13NO2S2. The average Bonchev–Trinajstić information content (AvgIpc) is 1.95. The smallest absolute Gasteiger partial charge is 0.204 e. The number of sulfonamides is 1. The average molecular weight is 207 g/mol. The molecular weight excluding hydrogens is 194 g/mol. The van der Waals surface area contributed by atoms with Crippen molar-refractivity contribution in [2.75, 3.05) is 5.08 Å². The van der Waals surface area contributed by atoms with E-state index in [-0.39, 0.29) is 9.83 Å². The molecule has 5 heteroatoms. The molecule has 0 atom stereocenters. The zero-order valence-corrected chi connectivity index (χ0v) is 9.13. The van der Waals surface area contributed by atoms with Crippen LogP contribution < -0.4 is 0 Å². The monoisotopic (exact) mass is 207 g/mol. The van der Waals surface area contributed by atoms with E-state index in [1.54, 1.807) is 0 Å². The Morgan fingerprint density at radius 1 is 1.58 bits per heavy atom. The maximum absolute atomic E-state index is 11.1. The summed E-state index contributed by atoms with van der Waals surface area (Å²) in [5, 5.41) is 0.115. The van der Waals surface area contributed by atoms with Crippen LogP contribution >= 0.6 is 11.8 Å². The van der Waals surface area contributed by atoms with E-state index in [0.29, 0.717) is 6.42 Å². The van der Waals surface area contributed by atoms with Gasteiger partial charge in [-0.1, -0.05) is 6.92 Å². The third-order valence-corrected chi connectivity index (χ3v) is 4.97. The van der Waals surface area contributed by atoms with E-state index in [1.807, 2.05) is 20.8 Å². The number of hydrogen-bond donors (Lipinski definition) is 0. The predicted octanol–water partition coefficient (Wildman–Crippen LogP) is 1.65. The molecule has 1 aliphatic rings. The zero-order valence-electron chi connectivity index (χ0n) is 7.49. The molecule has 0 aliphatic carbocycles. The van der Waals surface area contributed by atoms with Crippen molar-refractivity contribution in [2.45, 2.75) is 31.9 Å². The zero-order chi connectivity index (χ0) is 9.41. The fraction of sp³-hybridized carbons (Fsp3) is 0.857. The molecule has 0 aromatic rings. The van der Waals surface area contributed by atoms with E-state index < -0.39 is 10.0 Å². The van der Waals surface area contributed by atoms with Crippen LogP contribution in [0.4, 0.5) is 0 Å². The van der Waals surface area contributed by atoms with Gasteiger partial charge in [0.25, 0.3) is 10.0 Å². The number of hydrogen-bond acceptors (Lipinski definition) is 3. The number of nitrogens with zero attached hydrogens (tertiary/aromatic N) is 1. The minimum absolute atomic E-state index is 0.111. The maximum Gasteiger partial charge on any atom is 0.262 e. The van der Waals surface area contributed by atoms with Gasteiger partial charge in [0.15, 0.2) is 0 Å². The van der Waals surface area contributed by atoms with E-state index in [2.05, 4.69) is 4.40 Å². The molecule has 1 rings (SSSR count). The molecule has 12 heavy (non-hydrogen) atoms. The van der Waals surface area contributed by atoms with Crippen molar-refractivity contribution in [1.82, 2.24) is 0 Å². The summed E-state index contributed by atoms with van der Waals surface area (Å²) in [6.45, 7) is 5.95. The summed E-state index contributed by atoms with van der Waals surface area (Å²) in [6.07, 6.45) is 0.708. The third kappa shape index (κ3) is 2.01. The van der Waals surface area contributed by atoms with Crippen molar-refractivity contribution in [2.24, 2.45) is 4.40 Å². The Kier molecular flexibility index (Phi) is 2.54. The molecule has 3 nitrogen and oxygen atoms in total. The normalized spacial score (nSPS) is 26.4. The lowest BCUT2D eigenvalue weighted by Crippen LogP contribution is -2.33. The fourth-order valence-corrected chi connectivity index (χ4v) is 4.19. The Labute approximate surface area is 77.7 Å². The van der Waals surface area contributed by atoms with Crippen molar-refractivity contribution in [3.8, 4) is 0 Å². The summed E-state index contributed by atoms with van der Waals surface area (Å²) in [5.74, 6) is 0.